The molecule has 1 fully saturated rings. The van der Waals surface area contributed by atoms with Crippen molar-refractivity contribution in [1.29, 1.82) is 0 Å². The molecule has 0 bridgehead atoms. The zero-order valence-electron chi connectivity index (χ0n) is 12.3. The molecule has 1 unspecified atom stereocenters. The van der Waals surface area contributed by atoms with E-state index in [1.165, 1.54) is 0 Å². The Labute approximate surface area is 127 Å². The van der Waals surface area contributed by atoms with Crippen molar-refractivity contribution < 1.29 is 13.2 Å². The van der Waals surface area contributed by atoms with E-state index in [9.17, 15) is 13.2 Å². The molecule has 1 aromatic heterocycles. The van der Waals surface area contributed by atoms with Gasteiger partial charge in [-0.1, -0.05) is 11.6 Å². The number of nitrogens with one attached hydrogen (secondary N) is 1. The molecule has 1 aliphatic carbocycles. The van der Waals surface area contributed by atoms with Gasteiger partial charge in [-0.05, 0) is 45.6 Å². The van der Waals surface area contributed by atoms with Gasteiger partial charge in [0.05, 0.1) is 28.9 Å². The van der Waals surface area contributed by atoms with Crippen LogP contribution in [-0.2, 0) is 6.54 Å². The average Bonchev–Trinajstić information content (AvgIpc) is 2.81. The van der Waals surface area contributed by atoms with Crippen LogP contribution in [0.2, 0.25) is 5.02 Å². The van der Waals surface area contributed by atoms with Crippen LogP contribution in [0.4, 0.5) is 13.2 Å². The highest BCUT2D eigenvalue weighted by Crippen LogP contribution is 2.43. The van der Waals surface area contributed by atoms with E-state index >= 15 is 0 Å². The molecule has 0 spiro atoms. The highest BCUT2D eigenvalue weighted by Gasteiger charge is 2.43. The topological polar surface area (TPSA) is 29.9 Å². The van der Waals surface area contributed by atoms with Crippen molar-refractivity contribution in [2.24, 2.45) is 11.8 Å². The first-order chi connectivity index (χ1) is 9.88. The fraction of sp³-hybridized carbons (Fsp3) is 0.786. The van der Waals surface area contributed by atoms with Crippen LogP contribution in [0.5, 0.6) is 0 Å². The average molecular weight is 324 g/mol. The lowest BCUT2D eigenvalue weighted by molar-refractivity contribution is -0.184. The summed E-state index contributed by atoms with van der Waals surface area (Å²) in [5, 5.41) is 8.01. The van der Waals surface area contributed by atoms with Gasteiger partial charge >= 0.3 is 6.18 Å². The maximum atomic E-state index is 12.8. The smallest absolute Gasteiger partial charge is 0.311 e. The molecule has 1 heterocycles. The van der Waals surface area contributed by atoms with Crippen LogP contribution in [0.15, 0.2) is 6.20 Å². The number of hydrogen-bond donors (Lipinski definition) is 1. The van der Waals surface area contributed by atoms with E-state index in [-0.39, 0.29) is 24.8 Å². The fourth-order valence-electron chi connectivity index (χ4n) is 3.31. The van der Waals surface area contributed by atoms with E-state index in [1.807, 2.05) is 18.7 Å². The second-order valence-corrected chi connectivity index (χ2v) is 6.02. The van der Waals surface area contributed by atoms with E-state index in [0.717, 1.165) is 5.69 Å². The van der Waals surface area contributed by atoms with Crippen molar-refractivity contribution in [2.45, 2.75) is 51.4 Å². The van der Waals surface area contributed by atoms with Gasteiger partial charge in [0.1, 0.15) is 0 Å². The molecule has 0 radical (unpaired) electrons. The molecule has 0 saturated heterocycles. The summed E-state index contributed by atoms with van der Waals surface area (Å²) in [5.74, 6) is -0.995. The standard InChI is InChI=1S/C14H21ClF3N3/c1-3-21-13(11(15)8-20-21)12(19-2)9-4-6-10(7-5-9)14(16,17)18/h8-10,12,19H,3-7H2,1-2H3. The first kappa shape index (κ1) is 16.6. The van der Waals surface area contributed by atoms with Crippen molar-refractivity contribution >= 4 is 11.6 Å². The minimum Gasteiger partial charge on any atom is -0.311 e. The van der Waals surface area contributed by atoms with Gasteiger partial charge in [-0.25, -0.2) is 0 Å². The predicted octanol–water partition coefficient (Wildman–Crippen LogP) is 4.19. The zero-order valence-corrected chi connectivity index (χ0v) is 13.0. The van der Waals surface area contributed by atoms with Crippen molar-refractivity contribution in [2.75, 3.05) is 7.05 Å². The summed E-state index contributed by atoms with van der Waals surface area (Å²) in [4.78, 5) is 0. The minimum atomic E-state index is -4.07. The molecule has 3 nitrogen and oxygen atoms in total. The number of halogens is 4. The molecular formula is C14H21ClF3N3. The third-order valence-electron chi connectivity index (χ3n) is 4.44. The Bertz CT molecular complexity index is 465. The van der Waals surface area contributed by atoms with E-state index in [0.29, 0.717) is 24.4 Å². The first-order valence-electron chi connectivity index (χ1n) is 7.33. The lowest BCUT2D eigenvalue weighted by atomic mass is 9.77. The van der Waals surface area contributed by atoms with E-state index in [1.54, 1.807) is 6.20 Å². The Morgan fingerprint density at radius 1 is 1.38 bits per heavy atom. The summed E-state index contributed by atoms with van der Waals surface area (Å²) in [6, 6.07) is -0.0471. The van der Waals surface area contributed by atoms with Gasteiger partial charge in [-0.2, -0.15) is 18.3 Å². The van der Waals surface area contributed by atoms with Crippen LogP contribution in [-0.4, -0.2) is 23.0 Å². The second-order valence-electron chi connectivity index (χ2n) is 5.61. The molecular weight excluding hydrogens is 303 g/mol. The summed E-state index contributed by atoms with van der Waals surface area (Å²) in [6.45, 7) is 2.66. The summed E-state index contributed by atoms with van der Waals surface area (Å²) >= 11 is 6.21. The predicted molar refractivity (Wildman–Crippen MR) is 76.2 cm³/mol. The van der Waals surface area contributed by atoms with Gasteiger partial charge in [0.15, 0.2) is 0 Å². The molecule has 1 atom stereocenters. The molecule has 120 valence electrons. The van der Waals surface area contributed by atoms with E-state index in [2.05, 4.69) is 10.4 Å². The van der Waals surface area contributed by atoms with Crippen molar-refractivity contribution in [3.8, 4) is 0 Å². The Morgan fingerprint density at radius 2 is 2.00 bits per heavy atom. The third kappa shape index (κ3) is 3.54. The Hall–Kier alpha value is -0.750. The molecule has 1 aromatic rings. The van der Waals surface area contributed by atoms with Crippen molar-refractivity contribution in [1.82, 2.24) is 15.1 Å². The fourth-order valence-corrected chi connectivity index (χ4v) is 3.57. The molecule has 0 aromatic carbocycles. The third-order valence-corrected chi connectivity index (χ3v) is 4.74. The van der Waals surface area contributed by atoms with Gasteiger partial charge in [-0.15, -0.1) is 0 Å². The SMILES string of the molecule is CCn1ncc(Cl)c1C(NC)C1CCC(C(F)(F)F)CC1. The van der Waals surface area contributed by atoms with Crippen LogP contribution < -0.4 is 5.32 Å². The number of rotatable bonds is 4. The van der Waals surface area contributed by atoms with Gasteiger partial charge in [0.25, 0.3) is 0 Å². The molecule has 0 amide bonds. The van der Waals surface area contributed by atoms with Crippen LogP contribution >= 0.6 is 11.6 Å². The van der Waals surface area contributed by atoms with Crippen molar-refractivity contribution in [3.63, 3.8) is 0 Å². The largest absolute Gasteiger partial charge is 0.391 e. The highest BCUT2D eigenvalue weighted by atomic mass is 35.5. The zero-order chi connectivity index (χ0) is 15.6. The second kappa shape index (κ2) is 6.57. The Kier molecular flexibility index (Phi) is 5.20. The van der Waals surface area contributed by atoms with E-state index < -0.39 is 12.1 Å². The number of hydrogen-bond acceptors (Lipinski definition) is 2. The lowest BCUT2D eigenvalue weighted by Crippen LogP contribution is -2.34. The molecule has 21 heavy (non-hydrogen) atoms. The van der Waals surface area contributed by atoms with Crippen LogP contribution in [0, 0.1) is 11.8 Å². The maximum Gasteiger partial charge on any atom is 0.391 e. The Morgan fingerprint density at radius 3 is 2.48 bits per heavy atom. The van der Waals surface area contributed by atoms with Crippen LogP contribution in [0.25, 0.3) is 0 Å². The normalized spacial score (nSPS) is 25.0. The van der Waals surface area contributed by atoms with Gasteiger partial charge in [-0.3, -0.25) is 4.68 Å². The quantitative estimate of drug-likeness (QED) is 0.900. The molecule has 1 N–H and O–H groups in total. The summed E-state index contributed by atoms with van der Waals surface area (Å²) in [7, 11) is 1.82. The first-order valence-corrected chi connectivity index (χ1v) is 7.71. The summed E-state index contributed by atoms with van der Waals surface area (Å²) in [6.07, 6.45) is -0.953. The lowest BCUT2D eigenvalue weighted by Gasteiger charge is -2.34. The minimum absolute atomic E-state index is 0.0471. The summed E-state index contributed by atoms with van der Waals surface area (Å²) in [5.41, 5.74) is 0.886. The number of aromatic nitrogens is 2. The number of nitrogens with zero attached hydrogens (tertiary/aromatic N) is 2. The van der Waals surface area contributed by atoms with Gasteiger partial charge < -0.3 is 5.32 Å². The van der Waals surface area contributed by atoms with Crippen molar-refractivity contribution in [3.05, 3.63) is 16.9 Å². The van der Waals surface area contributed by atoms with Gasteiger partial charge in [0, 0.05) is 6.54 Å². The molecule has 1 aliphatic rings. The maximum absolute atomic E-state index is 12.8. The number of alkyl halides is 3. The summed E-state index contributed by atoms with van der Waals surface area (Å²) < 4.78 is 40.1. The van der Waals surface area contributed by atoms with Crippen LogP contribution in [0.1, 0.15) is 44.3 Å². The highest BCUT2D eigenvalue weighted by molar-refractivity contribution is 6.31. The number of aryl methyl sites for hydroxylation is 1. The van der Waals surface area contributed by atoms with Crippen LogP contribution in [0.3, 0.4) is 0 Å². The van der Waals surface area contributed by atoms with Gasteiger partial charge in [0.2, 0.25) is 0 Å². The van der Waals surface area contributed by atoms with E-state index in [4.69, 9.17) is 11.6 Å². The molecule has 7 heteroatoms. The molecule has 2 rings (SSSR count). The molecule has 0 aliphatic heterocycles. The molecule has 1 saturated carbocycles. The Balaban J connectivity index is 2.11. The monoisotopic (exact) mass is 323 g/mol.